The lowest BCUT2D eigenvalue weighted by atomic mass is 9.86. The van der Waals surface area contributed by atoms with Gasteiger partial charge in [-0.05, 0) is 38.1 Å². The first-order valence-electron chi connectivity index (χ1n) is 7.45. The maximum absolute atomic E-state index is 6.16. The normalized spacial score (nSPS) is 22.8. The first kappa shape index (κ1) is 13.9. The van der Waals surface area contributed by atoms with Gasteiger partial charge >= 0.3 is 0 Å². The highest BCUT2D eigenvalue weighted by Gasteiger charge is 2.44. The Morgan fingerprint density at radius 3 is 2.75 bits per heavy atom. The van der Waals surface area contributed by atoms with E-state index >= 15 is 0 Å². The van der Waals surface area contributed by atoms with Gasteiger partial charge in [0.25, 0.3) is 0 Å². The Labute approximate surface area is 125 Å². The zero-order valence-corrected chi connectivity index (χ0v) is 13.2. The second-order valence-corrected chi connectivity index (χ2v) is 7.23. The van der Waals surface area contributed by atoms with E-state index in [-0.39, 0.29) is 5.54 Å². The summed E-state index contributed by atoms with van der Waals surface area (Å²) in [5.74, 6) is 0.733. The summed E-state index contributed by atoms with van der Waals surface area (Å²) in [6.07, 6.45) is 2.33. The summed E-state index contributed by atoms with van der Waals surface area (Å²) in [4.78, 5) is 10.8. The van der Waals surface area contributed by atoms with Crippen LogP contribution in [0.3, 0.4) is 0 Å². The van der Waals surface area contributed by atoms with Gasteiger partial charge in [0.05, 0.1) is 18.6 Å². The Hall–Kier alpha value is -1.07. The maximum Gasteiger partial charge on any atom is 0.192 e. The van der Waals surface area contributed by atoms with E-state index in [0.29, 0.717) is 6.04 Å². The number of nitrogens with two attached hydrogens (primary N) is 1. The Morgan fingerprint density at radius 1 is 1.40 bits per heavy atom. The van der Waals surface area contributed by atoms with Crippen LogP contribution >= 0.6 is 11.3 Å². The number of aliphatic imine (C=N–C) groups is 1. The number of hydrogen-bond acceptors (Lipinski definition) is 5. The van der Waals surface area contributed by atoms with Crippen LogP contribution in [0, 0.1) is 0 Å². The molecule has 5 heteroatoms. The second kappa shape index (κ2) is 5.37. The molecule has 0 unspecified atom stereocenters. The first-order valence-corrected chi connectivity index (χ1v) is 8.33. The van der Waals surface area contributed by atoms with Crippen molar-refractivity contribution in [2.75, 3.05) is 19.6 Å². The average Bonchev–Trinajstić information content (AvgIpc) is 3.04. The fourth-order valence-corrected chi connectivity index (χ4v) is 4.03. The molecule has 0 bridgehead atoms. The largest absolute Gasteiger partial charge is 0.370 e. The van der Waals surface area contributed by atoms with Gasteiger partial charge in [0.15, 0.2) is 5.96 Å². The Morgan fingerprint density at radius 2 is 2.15 bits per heavy atom. The van der Waals surface area contributed by atoms with Crippen molar-refractivity contribution in [2.45, 2.75) is 44.8 Å². The first-order chi connectivity index (χ1) is 9.61. The highest BCUT2D eigenvalue weighted by atomic mass is 32.1. The minimum Gasteiger partial charge on any atom is -0.370 e. The number of thiophene rings is 1. The van der Waals surface area contributed by atoms with Crippen LogP contribution in [0.2, 0.25) is 0 Å². The number of rotatable bonds is 3. The van der Waals surface area contributed by atoms with E-state index in [0.717, 1.165) is 32.1 Å². The Kier molecular flexibility index (Phi) is 3.73. The minimum absolute atomic E-state index is 0.166. The van der Waals surface area contributed by atoms with E-state index in [9.17, 15) is 0 Å². The number of likely N-dealkylation sites (tertiary alicyclic amines) is 1. The molecule has 3 heterocycles. The molecule has 0 atom stereocenters. The molecule has 1 saturated heterocycles. The Balaban J connectivity index is 1.73. The van der Waals surface area contributed by atoms with Crippen molar-refractivity contribution in [3.63, 3.8) is 0 Å². The minimum atomic E-state index is 0.166. The molecular weight excluding hydrogens is 268 g/mol. The molecule has 2 aliphatic rings. The van der Waals surface area contributed by atoms with Crippen LogP contribution in [-0.2, 0) is 6.54 Å². The molecule has 0 saturated carbocycles. The number of hydrogen-bond donors (Lipinski definition) is 1. The lowest BCUT2D eigenvalue weighted by molar-refractivity contribution is 0.0669. The predicted molar refractivity (Wildman–Crippen MR) is 85.0 cm³/mol. The summed E-state index contributed by atoms with van der Waals surface area (Å²) in [5.41, 5.74) is 6.33. The Bertz CT molecular complexity index is 472. The fraction of sp³-hybridized carbons (Fsp3) is 0.667. The van der Waals surface area contributed by atoms with Crippen molar-refractivity contribution in [2.24, 2.45) is 10.7 Å². The van der Waals surface area contributed by atoms with Gasteiger partial charge in [-0.2, -0.15) is 0 Å². The molecular formula is C15H24N4S. The highest BCUT2D eigenvalue weighted by Crippen LogP contribution is 2.35. The van der Waals surface area contributed by atoms with Crippen molar-refractivity contribution in [3.05, 3.63) is 22.4 Å². The monoisotopic (exact) mass is 292 g/mol. The molecule has 20 heavy (non-hydrogen) atoms. The van der Waals surface area contributed by atoms with Gasteiger partial charge in [0, 0.05) is 24.0 Å². The summed E-state index contributed by atoms with van der Waals surface area (Å²) >= 11 is 1.80. The van der Waals surface area contributed by atoms with E-state index in [1.807, 2.05) is 0 Å². The smallest absolute Gasteiger partial charge is 0.192 e. The van der Waals surface area contributed by atoms with Crippen molar-refractivity contribution in [1.29, 1.82) is 0 Å². The zero-order chi connectivity index (χ0) is 14.2. The number of piperidine rings is 1. The lowest BCUT2D eigenvalue weighted by Crippen LogP contribution is -2.57. The molecule has 1 aromatic heterocycles. The molecule has 1 fully saturated rings. The van der Waals surface area contributed by atoms with E-state index < -0.39 is 0 Å². The molecule has 0 radical (unpaired) electrons. The van der Waals surface area contributed by atoms with Gasteiger partial charge in [-0.3, -0.25) is 4.99 Å². The van der Waals surface area contributed by atoms with E-state index in [4.69, 9.17) is 5.73 Å². The summed E-state index contributed by atoms with van der Waals surface area (Å²) in [7, 11) is 0. The molecule has 110 valence electrons. The molecule has 0 amide bonds. The van der Waals surface area contributed by atoms with Crippen molar-refractivity contribution >= 4 is 17.3 Å². The van der Waals surface area contributed by atoms with Crippen LogP contribution in [0.25, 0.3) is 0 Å². The zero-order valence-electron chi connectivity index (χ0n) is 12.4. The van der Waals surface area contributed by atoms with E-state index in [2.05, 4.69) is 46.2 Å². The van der Waals surface area contributed by atoms with Crippen molar-refractivity contribution < 1.29 is 0 Å². The van der Waals surface area contributed by atoms with Gasteiger partial charge in [0.1, 0.15) is 0 Å². The van der Waals surface area contributed by atoms with Crippen molar-refractivity contribution in [3.8, 4) is 0 Å². The van der Waals surface area contributed by atoms with Gasteiger partial charge in [0.2, 0.25) is 0 Å². The SMILES string of the molecule is CC(C)N1CCC2(CC1)CN=C(N)N2Cc1cccs1. The topological polar surface area (TPSA) is 44.9 Å². The van der Waals surface area contributed by atoms with E-state index in [1.54, 1.807) is 11.3 Å². The van der Waals surface area contributed by atoms with Crippen LogP contribution in [0.4, 0.5) is 0 Å². The lowest BCUT2D eigenvalue weighted by Gasteiger charge is -2.46. The van der Waals surface area contributed by atoms with Gasteiger partial charge in [-0.25, -0.2) is 0 Å². The van der Waals surface area contributed by atoms with Crippen LogP contribution in [0.1, 0.15) is 31.6 Å². The molecule has 3 rings (SSSR count). The summed E-state index contributed by atoms with van der Waals surface area (Å²) < 4.78 is 0. The fourth-order valence-electron chi connectivity index (χ4n) is 3.33. The standard InChI is InChI=1S/C15H24N4S/c1-12(2)18-7-5-15(6-8-18)11-17-14(16)19(15)10-13-4-3-9-20-13/h3-4,9,12H,5-8,10-11H2,1-2H3,(H2,16,17). The molecule has 0 aliphatic carbocycles. The maximum atomic E-state index is 6.16. The quantitative estimate of drug-likeness (QED) is 0.928. The average molecular weight is 292 g/mol. The van der Waals surface area contributed by atoms with Gasteiger partial charge < -0.3 is 15.5 Å². The molecule has 4 nitrogen and oxygen atoms in total. The van der Waals surface area contributed by atoms with E-state index in [1.165, 1.54) is 17.7 Å². The van der Waals surface area contributed by atoms with Crippen LogP contribution in [0.15, 0.2) is 22.5 Å². The summed E-state index contributed by atoms with van der Waals surface area (Å²) in [6, 6.07) is 4.93. The van der Waals surface area contributed by atoms with Crippen LogP contribution < -0.4 is 5.73 Å². The third-order valence-corrected chi connectivity index (χ3v) is 5.60. The van der Waals surface area contributed by atoms with Crippen LogP contribution in [-0.4, -0.2) is 47.0 Å². The third-order valence-electron chi connectivity index (χ3n) is 4.74. The molecule has 1 spiro atoms. The molecule has 0 aromatic carbocycles. The molecule has 2 aliphatic heterocycles. The van der Waals surface area contributed by atoms with Gasteiger partial charge in [-0.1, -0.05) is 6.07 Å². The highest BCUT2D eigenvalue weighted by molar-refractivity contribution is 7.09. The summed E-state index contributed by atoms with van der Waals surface area (Å²) in [6.45, 7) is 8.65. The number of guanidine groups is 1. The molecule has 2 N–H and O–H groups in total. The third kappa shape index (κ3) is 2.44. The number of nitrogens with zero attached hydrogens (tertiary/aromatic N) is 3. The van der Waals surface area contributed by atoms with Crippen LogP contribution in [0.5, 0.6) is 0 Å². The molecule has 1 aromatic rings. The predicted octanol–water partition coefficient (Wildman–Crippen LogP) is 2.12. The van der Waals surface area contributed by atoms with Gasteiger partial charge in [-0.15, -0.1) is 11.3 Å². The van der Waals surface area contributed by atoms with Crippen molar-refractivity contribution in [1.82, 2.24) is 9.80 Å². The second-order valence-electron chi connectivity index (χ2n) is 6.19. The summed E-state index contributed by atoms with van der Waals surface area (Å²) in [5, 5.41) is 2.13.